The van der Waals surface area contributed by atoms with E-state index in [4.69, 9.17) is 5.11 Å². The highest BCUT2D eigenvalue weighted by Gasteiger charge is 2.21. The molecule has 86 valence electrons. The van der Waals surface area contributed by atoms with Crippen molar-refractivity contribution in [1.29, 1.82) is 0 Å². The second-order valence-corrected chi connectivity index (χ2v) is 3.49. The predicted molar refractivity (Wildman–Crippen MR) is 52.1 cm³/mol. The summed E-state index contributed by atoms with van der Waals surface area (Å²) in [7, 11) is 0. The second-order valence-electron chi connectivity index (χ2n) is 3.49. The van der Waals surface area contributed by atoms with Crippen LogP contribution in [0.5, 0.6) is 0 Å². The normalized spacial score (nSPS) is 12.2. The molecule has 1 aromatic rings. The SMILES string of the molecule is CC(CC(=O)O)C(=O)c1cc(F)ccc1F. The molecule has 0 bridgehead atoms. The number of aliphatic carboxylic acids is 1. The summed E-state index contributed by atoms with van der Waals surface area (Å²) in [5, 5.41) is 8.48. The Kier molecular flexibility index (Phi) is 3.71. The van der Waals surface area contributed by atoms with Gasteiger partial charge in [-0.25, -0.2) is 8.78 Å². The van der Waals surface area contributed by atoms with Gasteiger partial charge in [0.15, 0.2) is 5.78 Å². The van der Waals surface area contributed by atoms with Crippen LogP contribution in [0.1, 0.15) is 23.7 Å². The number of carbonyl (C=O) groups excluding carboxylic acids is 1. The molecule has 0 saturated heterocycles. The highest BCUT2D eigenvalue weighted by Crippen LogP contribution is 2.16. The fourth-order valence-electron chi connectivity index (χ4n) is 1.31. The number of hydrogen-bond donors (Lipinski definition) is 1. The third kappa shape index (κ3) is 2.85. The van der Waals surface area contributed by atoms with Gasteiger partial charge in [0.05, 0.1) is 12.0 Å². The molecule has 0 heterocycles. The van der Waals surface area contributed by atoms with E-state index in [-0.39, 0.29) is 0 Å². The maximum atomic E-state index is 13.2. The molecular weight excluding hydrogens is 218 g/mol. The molecule has 16 heavy (non-hydrogen) atoms. The van der Waals surface area contributed by atoms with E-state index < -0.39 is 41.3 Å². The first-order chi connectivity index (χ1) is 7.41. The topological polar surface area (TPSA) is 54.4 Å². The molecule has 0 aliphatic carbocycles. The van der Waals surface area contributed by atoms with E-state index >= 15 is 0 Å². The smallest absolute Gasteiger partial charge is 0.304 e. The molecule has 0 amide bonds. The van der Waals surface area contributed by atoms with Crippen LogP contribution >= 0.6 is 0 Å². The summed E-state index contributed by atoms with van der Waals surface area (Å²) in [6, 6.07) is 2.51. The highest BCUT2D eigenvalue weighted by molar-refractivity contribution is 5.99. The molecular formula is C11H10F2O3. The number of ketones is 1. The summed E-state index contributed by atoms with van der Waals surface area (Å²) in [6.45, 7) is 1.36. The van der Waals surface area contributed by atoms with Gasteiger partial charge in [-0.3, -0.25) is 9.59 Å². The lowest BCUT2D eigenvalue weighted by atomic mass is 9.96. The van der Waals surface area contributed by atoms with E-state index in [2.05, 4.69) is 0 Å². The van der Waals surface area contributed by atoms with Crippen molar-refractivity contribution < 1.29 is 23.5 Å². The summed E-state index contributed by atoms with van der Waals surface area (Å²) in [4.78, 5) is 22.0. The van der Waals surface area contributed by atoms with Gasteiger partial charge in [-0.1, -0.05) is 6.92 Å². The quantitative estimate of drug-likeness (QED) is 0.804. The zero-order valence-electron chi connectivity index (χ0n) is 8.54. The van der Waals surface area contributed by atoms with Crippen LogP contribution in [0.4, 0.5) is 8.78 Å². The van der Waals surface area contributed by atoms with Crippen molar-refractivity contribution >= 4 is 11.8 Å². The molecule has 0 aromatic heterocycles. The zero-order valence-corrected chi connectivity index (χ0v) is 8.54. The fourth-order valence-corrected chi connectivity index (χ4v) is 1.31. The lowest BCUT2D eigenvalue weighted by Gasteiger charge is -2.08. The number of rotatable bonds is 4. The molecule has 0 saturated carbocycles. The average molecular weight is 228 g/mol. The van der Waals surface area contributed by atoms with Crippen LogP contribution in [0.25, 0.3) is 0 Å². The van der Waals surface area contributed by atoms with E-state index in [1.54, 1.807) is 0 Å². The molecule has 0 aliphatic heterocycles. The minimum atomic E-state index is -1.15. The summed E-state index contributed by atoms with van der Waals surface area (Å²) in [5.41, 5.74) is -0.409. The van der Waals surface area contributed by atoms with Gasteiger partial charge in [0, 0.05) is 5.92 Å². The number of carboxylic acids is 1. The number of carboxylic acid groups (broad SMARTS) is 1. The van der Waals surface area contributed by atoms with Crippen LogP contribution in [0.15, 0.2) is 18.2 Å². The van der Waals surface area contributed by atoms with Gasteiger partial charge in [0.1, 0.15) is 11.6 Å². The Morgan fingerprint density at radius 1 is 1.38 bits per heavy atom. The maximum Gasteiger partial charge on any atom is 0.304 e. The van der Waals surface area contributed by atoms with Gasteiger partial charge in [0.2, 0.25) is 0 Å². The summed E-state index contributed by atoms with van der Waals surface area (Å²) in [6.07, 6.45) is -0.408. The Morgan fingerprint density at radius 2 is 2.00 bits per heavy atom. The third-order valence-electron chi connectivity index (χ3n) is 2.12. The van der Waals surface area contributed by atoms with Crippen molar-refractivity contribution in [3.05, 3.63) is 35.4 Å². The number of benzene rings is 1. The van der Waals surface area contributed by atoms with E-state index in [1.165, 1.54) is 6.92 Å². The van der Waals surface area contributed by atoms with Gasteiger partial charge >= 0.3 is 5.97 Å². The third-order valence-corrected chi connectivity index (χ3v) is 2.12. The molecule has 1 atom stereocenters. The van der Waals surface area contributed by atoms with E-state index in [9.17, 15) is 18.4 Å². The molecule has 1 unspecified atom stereocenters. The van der Waals surface area contributed by atoms with Crippen molar-refractivity contribution in [2.75, 3.05) is 0 Å². The molecule has 1 aromatic carbocycles. The number of Topliss-reactive ketones (excluding diaryl/α,β-unsaturated/α-hetero) is 1. The van der Waals surface area contributed by atoms with Crippen molar-refractivity contribution in [2.24, 2.45) is 5.92 Å². The van der Waals surface area contributed by atoms with E-state index in [0.717, 1.165) is 18.2 Å². The lowest BCUT2D eigenvalue weighted by Crippen LogP contribution is -2.16. The Bertz CT molecular complexity index is 429. The van der Waals surface area contributed by atoms with Crippen LogP contribution < -0.4 is 0 Å². The minimum Gasteiger partial charge on any atom is -0.481 e. The number of hydrogen-bond acceptors (Lipinski definition) is 2. The van der Waals surface area contributed by atoms with Crippen LogP contribution in [0, 0.1) is 17.6 Å². The lowest BCUT2D eigenvalue weighted by molar-refractivity contribution is -0.137. The Labute approximate surface area is 90.7 Å². The number of halogens is 2. The molecule has 0 radical (unpaired) electrons. The standard InChI is InChI=1S/C11H10F2O3/c1-6(4-10(14)15)11(16)8-5-7(12)2-3-9(8)13/h2-3,5-6H,4H2,1H3,(H,14,15). The van der Waals surface area contributed by atoms with Crippen molar-refractivity contribution in [3.63, 3.8) is 0 Å². The highest BCUT2D eigenvalue weighted by atomic mass is 19.1. The van der Waals surface area contributed by atoms with Crippen LogP contribution in [0.2, 0.25) is 0 Å². The Hall–Kier alpha value is -1.78. The van der Waals surface area contributed by atoms with Crippen molar-refractivity contribution in [1.82, 2.24) is 0 Å². The average Bonchev–Trinajstić information content (AvgIpc) is 2.19. The molecule has 5 heteroatoms. The number of carbonyl (C=O) groups is 2. The fraction of sp³-hybridized carbons (Fsp3) is 0.273. The van der Waals surface area contributed by atoms with Gasteiger partial charge in [-0.2, -0.15) is 0 Å². The largest absolute Gasteiger partial charge is 0.481 e. The van der Waals surface area contributed by atoms with Crippen LogP contribution in [-0.2, 0) is 4.79 Å². The summed E-state index contributed by atoms with van der Waals surface area (Å²) >= 11 is 0. The molecule has 0 aliphatic rings. The first-order valence-electron chi connectivity index (χ1n) is 4.63. The first kappa shape index (κ1) is 12.3. The van der Waals surface area contributed by atoms with E-state index in [1.807, 2.05) is 0 Å². The molecule has 0 spiro atoms. The van der Waals surface area contributed by atoms with Crippen molar-refractivity contribution in [3.8, 4) is 0 Å². The monoisotopic (exact) mass is 228 g/mol. The zero-order chi connectivity index (χ0) is 12.3. The van der Waals surface area contributed by atoms with Gasteiger partial charge in [0.25, 0.3) is 0 Å². The molecule has 1 N–H and O–H groups in total. The van der Waals surface area contributed by atoms with Gasteiger partial charge in [-0.15, -0.1) is 0 Å². The Balaban J connectivity index is 2.95. The maximum absolute atomic E-state index is 13.2. The predicted octanol–water partition coefficient (Wildman–Crippen LogP) is 2.26. The molecule has 1 rings (SSSR count). The van der Waals surface area contributed by atoms with Gasteiger partial charge < -0.3 is 5.11 Å². The molecule has 0 fully saturated rings. The summed E-state index contributed by atoms with van der Waals surface area (Å²) < 4.78 is 26.0. The van der Waals surface area contributed by atoms with Crippen LogP contribution in [0.3, 0.4) is 0 Å². The van der Waals surface area contributed by atoms with Crippen LogP contribution in [-0.4, -0.2) is 16.9 Å². The minimum absolute atomic E-state index is 0.408. The van der Waals surface area contributed by atoms with Gasteiger partial charge in [-0.05, 0) is 18.2 Å². The summed E-state index contributed by atoms with van der Waals surface area (Å²) in [5.74, 6) is -4.32. The van der Waals surface area contributed by atoms with Crippen molar-refractivity contribution in [2.45, 2.75) is 13.3 Å². The Morgan fingerprint density at radius 3 is 2.56 bits per heavy atom. The first-order valence-corrected chi connectivity index (χ1v) is 4.63. The van der Waals surface area contributed by atoms with E-state index in [0.29, 0.717) is 0 Å². The second kappa shape index (κ2) is 4.83. The molecule has 3 nitrogen and oxygen atoms in total.